The first kappa shape index (κ1) is 22.4. The van der Waals surface area contributed by atoms with Gasteiger partial charge in [0.25, 0.3) is 0 Å². The Morgan fingerprint density at radius 1 is 1.18 bits per heavy atom. The molecule has 1 aromatic heterocycles. The second-order valence-corrected chi connectivity index (χ2v) is 8.69. The zero-order valence-corrected chi connectivity index (χ0v) is 19.0. The van der Waals surface area contributed by atoms with Gasteiger partial charge in [-0.1, -0.05) is 18.2 Å². The van der Waals surface area contributed by atoms with Crippen LogP contribution in [0.2, 0.25) is 0 Å². The molecule has 2 aromatic carbocycles. The summed E-state index contributed by atoms with van der Waals surface area (Å²) in [6, 6.07) is 13.5. The summed E-state index contributed by atoms with van der Waals surface area (Å²) in [4.78, 5) is 34.7. The highest BCUT2D eigenvalue weighted by Gasteiger charge is 2.33. The molecule has 0 radical (unpaired) electrons. The number of cyclic esters (lactones) is 1. The number of nitrogens with zero attached hydrogens (tertiary/aromatic N) is 3. The number of hydrogen-bond donors (Lipinski definition) is 2. The smallest absolute Gasteiger partial charge is 0.320 e. The average molecular weight is 446 g/mol. The van der Waals surface area contributed by atoms with E-state index in [1.54, 1.807) is 12.1 Å². The van der Waals surface area contributed by atoms with Crippen LogP contribution < -0.4 is 10.6 Å². The van der Waals surface area contributed by atoms with Crippen LogP contribution in [0.5, 0.6) is 0 Å². The van der Waals surface area contributed by atoms with Gasteiger partial charge in [0.1, 0.15) is 18.8 Å². The number of carbonyl (C=O) groups is 2. The first-order valence-electron chi connectivity index (χ1n) is 10.8. The van der Waals surface area contributed by atoms with E-state index in [0.717, 1.165) is 22.2 Å². The predicted molar refractivity (Wildman–Crippen MR) is 128 cm³/mol. The highest BCUT2D eigenvalue weighted by atomic mass is 16.5. The first-order chi connectivity index (χ1) is 15.8. The van der Waals surface area contributed by atoms with E-state index in [1.807, 2.05) is 62.1 Å². The molecule has 2 heterocycles. The van der Waals surface area contributed by atoms with Gasteiger partial charge < -0.3 is 15.4 Å². The van der Waals surface area contributed by atoms with E-state index < -0.39 is 0 Å². The summed E-state index contributed by atoms with van der Waals surface area (Å²) < 4.78 is 5.12. The lowest BCUT2D eigenvalue weighted by Gasteiger charge is -2.40. The summed E-state index contributed by atoms with van der Waals surface area (Å²) >= 11 is 0. The molecule has 2 N–H and O–H groups in total. The molecule has 0 aliphatic carbocycles. The molecule has 33 heavy (non-hydrogen) atoms. The number of ether oxygens (including phenoxy) is 1. The molecule has 1 aliphatic rings. The molecule has 8 nitrogen and oxygen atoms in total. The van der Waals surface area contributed by atoms with Gasteiger partial charge in [0.2, 0.25) is 5.91 Å². The fourth-order valence-corrected chi connectivity index (χ4v) is 3.64. The van der Waals surface area contributed by atoms with E-state index in [9.17, 15) is 9.59 Å². The molecule has 1 fully saturated rings. The maximum absolute atomic E-state index is 12.5. The molecule has 1 saturated heterocycles. The highest BCUT2D eigenvalue weighted by molar-refractivity contribution is 6.01. The van der Waals surface area contributed by atoms with Crippen molar-refractivity contribution in [3.05, 3.63) is 66.5 Å². The Balaban J connectivity index is 1.45. The number of aromatic nitrogens is 2. The molecule has 0 unspecified atom stereocenters. The fourth-order valence-electron chi connectivity index (χ4n) is 3.64. The first-order valence-corrected chi connectivity index (χ1v) is 10.8. The zero-order valence-electron chi connectivity index (χ0n) is 19.0. The minimum Gasteiger partial charge on any atom is -0.463 e. The minimum absolute atomic E-state index is 0.209. The number of aryl methyl sites for hydroxylation is 1. The SMILES string of the molecule is Cc1cccc(Nc2ncnc3ccc(NC(=O)/C=C/CN4CC(=O)OCC4(C)C)cc23)c1. The number of amides is 1. The number of hydrogen-bond acceptors (Lipinski definition) is 7. The second kappa shape index (κ2) is 9.38. The Morgan fingerprint density at radius 2 is 2.03 bits per heavy atom. The van der Waals surface area contributed by atoms with Gasteiger partial charge >= 0.3 is 5.97 Å². The van der Waals surface area contributed by atoms with Crippen molar-refractivity contribution >= 4 is 40.0 Å². The van der Waals surface area contributed by atoms with Gasteiger partial charge in [0.15, 0.2) is 0 Å². The van der Waals surface area contributed by atoms with Crippen LogP contribution in [-0.2, 0) is 14.3 Å². The highest BCUT2D eigenvalue weighted by Crippen LogP contribution is 2.26. The van der Waals surface area contributed by atoms with E-state index in [1.165, 1.54) is 12.4 Å². The molecule has 4 rings (SSSR count). The van der Waals surface area contributed by atoms with Crippen LogP contribution in [0.4, 0.5) is 17.2 Å². The molecule has 3 aromatic rings. The predicted octanol–water partition coefficient (Wildman–Crippen LogP) is 3.81. The van der Waals surface area contributed by atoms with E-state index in [2.05, 4.69) is 20.6 Å². The summed E-state index contributed by atoms with van der Waals surface area (Å²) in [5, 5.41) is 7.01. The number of fused-ring (bicyclic) bond motifs is 1. The van der Waals surface area contributed by atoms with E-state index in [4.69, 9.17) is 4.74 Å². The van der Waals surface area contributed by atoms with Crippen LogP contribution in [-0.4, -0.2) is 52.0 Å². The number of morpholine rings is 1. The van der Waals surface area contributed by atoms with Crippen molar-refractivity contribution in [2.75, 3.05) is 30.3 Å². The molecule has 8 heteroatoms. The van der Waals surface area contributed by atoms with Crippen molar-refractivity contribution in [1.82, 2.24) is 14.9 Å². The number of benzene rings is 2. The van der Waals surface area contributed by atoms with Crippen LogP contribution >= 0.6 is 0 Å². The Morgan fingerprint density at radius 3 is 2.85 bits per heavy atom. The van der Waals surface area contributed by atoms with Gasteiger partial charge in [-0.2, -0.15) is 0 Å². The molecular weight excluding hydrogens is 418 g/mol. The lowest BCUT2D eigenvalue weighted by molar-refractivity contribution is -0.159. The van der Waals surface area contributed by atoms with Crippen LogP contribution in [0.15, 0.2) is 60.9 Å². The van der Waals surface area contributed by atoms with E-state index >= 15 is 0 Å². The van der Waals surface area contributed by atoms with Gasteiger partial charge in [0.05, 0.1) is 17.6 Å². The summed E-state index contributed by atoms with van der Waals surface area (Å²) in [5.41, 5.74) is 3.21. The summed E-state index contributed by atoms with van der Waals surface area (Å²) in [7, 11) is 0. The number of esters is 1. The Bertz CT molecular complexity index is 1220. The van der Waals surface area contributed by atoms with Crippen LogP contribution in [0.1, 0.15) is 19.4 Å². The molecule has 0 saturated carbocycles. The van der Waals surface area contributed by atoms with Gasteiger partial charge in [-0.05, 0) is 56.7 Å². The van der Waals surface area contributed by atoms with Gasteiger partial charge in [-0.3, -0.25) is 14.5 Å². The van der Waals surface area contributed by atoms with Crippen LogP contribution in [0.25, 0.3) is 10.9 Å². The third kappa shape index (κ3) is 5.53. The van der Waals surface area contributed by atoms with Gasteiger partial charge in [0, 0.05) is 29.4 Å². The van der Waals surface area contributed by atoms with Crippen molar-refractivity contribution in [3.8, 4) is 0 Å². The Hall–Kier alpha value is -3.78. The van der Waals surface area contributed by atoms with E-state index in [0.29, 0.717) is 24.7 Å². The quantitative estimate of drug-likeness (QED) is 0.440. The Kier molecular flexibility index (Phi) is 6.37. The van der Waals surface area contributed by atoms with Crippen molar-refractivity contribution in [2.24, 2.45) is 0 Å². The monoisotopic (exact) mass is 445 g/mol. The number of rotatable bonds is 6. The molecule has 1 aliphatic heterocycles. The van der Waals surface area contributed by atoms with E-state index in [-0.39, 0.29) is 24.0 Å². The molecule has 0 bridgehead atoms. The molecular formula is C25H27N5O3. The van der Waals surface area contributed by atoms with Crippen LogP contribution in [0.3, 0.4) is 0 Å². The molecule has 0 atom stereocenters. The largest absolute Gasteiger partial charge is 0.463 e. The lowest BCUT2D eigenvalue weighted by Crippen LogP contribution is -2.54. The third-order valence-electron chi connectivity index (χ3n) is 5.54. The fraction of sp³-hybridized carbons (Fsp3) is 0.280. The normalized spacial score (nSPS) is 16.0. The van der Waals surface area contributed by atoms with Gasteiger partial charge in [-0.15, -0.1) is 0 Å². The average Bonchev–Trinajstić information content (AvgIpc) is 2.77. The third-order valence-corrected chi connectivity index (χ3v) is 5.54. The molecule has 1 amide bonds. The maximum atomic E-state index is 12.5. The second-order valence-electron chi connectivity index (χ2n) is 8.69. The Labute approximate surface area is 192 Å². The van der Waals surface area contributed by atoms with Crippen molar-refractivity contribution < 1.29 is 14.3 Å². The molecule has 0 spiro atoms. The lowest BCUT2D eigenvalue weighted by atomic mass is 10.0. The van der Waals surface area contributed by atoms with Gasteiger partial charge in [-0.25, -0.2) is 9.97 Å². The number of anilines is 3. The van der Waals surface area contributed by atoms with Crippen molar-refractivity contribution in [2.45, 2.75) is 26.3 Å². The summed E-state index contributed by atoms with van der Waals surface area (Å²) in [6.45, 7) is 7.07. The maximum Gasteiger partial charge on any atom is 0.320 e. The summed E-state index contributed by atoms with van der Waals surface area (Å²) in [5.74, 6) is 0.161. The van der Waals surface area contributed by atoms with Crippen LogP contribution in [0, 0.1) is 6.92 Å². The molecule has 170 valence electrons. The van der Waals surface area contributed by atoms with Crippen molar-refractivity contribution in [1.29, 1.82) is 0 Å². The van der Waals surface area contributed by atoms with Crippen molar-refractivity contribution in [3.63, 3.8) is 0 Å². The number of carbonyl (C=O) groups excluding carboxylic acids is 2. The minimum atomic E-state index is -0.270. The topological polar surface area (TPSA) is 96.5 Å². The number of nitrogens with one attached hydrogen (secondary N) is 2. The summed E-state index contributed by atoms with van der Waals surface area (Å²) in [6.07, 6.45) is 4.75. The zero-order chi connectivity index (χ0) is 23.4. The standard InChI is InChI=1S/C25H27N5O3/c1-17-6-4-7-18(12-17)29-24-20-13-19(9-10-21(20)26-16-27-24)28-22(31)8-5-11-30-14-23(32)33-15-25(30,2)3/h4-10,12-13,16H,11,14-15H2,1-3H3,(H,28,31)(H,26,27,29)/b8-5+.